The molecule has 0 bridgehead atoms. The lowest BCUT2D eigenvalue weighted by atomic mass is 9.44. The summed E-state index contributed by atoms with van der Waals surface area (Å²) in [6.07, 6.45) is 15.6. The zero-order chi connectivity index (χ0) is 18.0. The fourth-order valence-electron chi connectivity index (χ4n) is 8.04. The van der Waals surface area contributed by atoms with Gasteiger partial charge in [0.25, 0.3) is 0 Å². The molecule has 4 saturated carbocycles. The molecular formula is C23H34O2. The fraction of sp³-hybridized carbons (Fsp3) is 0.870. The molecule has 0 saturated heterocycles. The van der Waals surface area contributed by atoms with E-state index in [1.54, 1.807) is 0 Å². The molecule has 2 nitrogen and oxygen atoms in total. The summed E-state index contributed by atoms with van der Waals surface area (Å²) in [6.45, 7) is 6.72. The molecule has 0 aromatic heterocycles. The van der Waals surface area contributed by atoms with E-state index in [1.165, 1.54) is 32.1 Å². The van der Waals surface area contributed by atoms with Gasteiger partial charge in [0.2, 0.25) is 0 Å². The molecular weight excluding hydrogens is 308 g/mol. The van der Waals surface area contributed by atoms with Crippen LogP contribution in [-0.2, 0) is 4.79 Å². The van der Waals surface area contributed by atoms with Crippen molar-refractivity contribution in [2.75, 3.05) is 0 Å². The Balaban J connectivity index is 1.60. The number of terminal acetylenes is 1. The Hall–Kier alpha value is -0.810. The first-order chi connectivity index (χ1) is 11.7. The van der Waals surface area contributed by atoms with Crippen LogP contribution in [0.25, 0.3) is 0 Å². The molecule has 8 atom stereocenters. The molecule has 0 spiro atoms. The second-order valence-electron chi connectivity index (χ2n) is 10.3. The van der Waals surface area contributed by atoms with Crippen molar-refractivity contribution in [2.45, 2.75) is 84.2 Å². The SMILES string of the molecule is C#C[C@]1(O)CC[C@]2(C)C3CC[C@@]4(C)C(CC[C@@H]4C(C)=O)C3CC[C@@H]2C1. The molecule has 0 aliphatic heterocycles. The number of aliphatic hydroxyl groups is 1. The van der Waals surface area contributed by atoms with Crippen LogP contribution in [-0.4, -0.2) is 16.5 Å². The Morgan fingerprint density at radius 2 is 1.72 bits per heavy atom. The third kappa shape index (κ3) is 2.38. The second kappa shape index (κ2) is 5.59. The van der Waals surface area contributed by atoms with Crippen LogP contribution in [0.4, 0.5) is 0 Å². The number of rotatable bonds is 1. The number of carbonyl (C=O) groups excluding carboxylic acids is 1. The summed E-state index contributed by atoms with van der Waals surface area (Å²) in [5.41, 5.74) is -0.292. The van der Waals surface area contributed by atoms with Crippen LogP contribution >= 0.6 is 0 Å². The maximum Gasteiger partial charge on any atom is 0.133 e. The highest BCUT2D eigenvalue weighted by atomic mass is 16.3. The molecule has 4 rings (SSSR count). The molecule has 0 heterocycles. The molecule has 4 fully saturated rings. The number of carbonyl (C=O) groups is 1. The van der Waals surface area contributed by atoms with Gasteiger partial charge < -0.3 is 5.11 Å². The van der Waals surface area contributed by atoms with Gasteiger partial charge in [-0.3, -0.25) is 4.79 Å². The largest absolute Gasteiger partial charge is 0.378 e. The predicted octanol–water partition coefficient (Wildman–Crippen LogP) is 4.60. The fourth-order valence-corrected chi connectivity index (χ4v) is 8.04. The monoisotopic (exact) mass is 342 g/mol. The molecule has 1 N–H and O–H groups in total. The van der Waals surface area contributed by atoms with Gasteiger partial charge in [-0.05, 0) is 99.2 Å². The highest BCUT2D eigenvalue weighted by Crippen LogP contribution is 2.68. The number of ketones is 1. The summed E-state index contributed by atoms with van der Waals surface area (Å²) >= 11 is 0. The van der Waals surface area contributed by atoms with Crippen LogP contribution in [0, 0.1) is 52.8 Å². The summed E-state index contributed by atoms with van der Waals surface area (Å²) in [7, 11) is 0. The maximum absolute atomic E-state index is 12.2. The third-order valence-corrected chi connectivity index (χ3v) is 9.49. The van der Waals surface area contributed by atoms with Crippen molar-refractivity contribution in [3.8, 4) is 12.3 Å². The Morgan fingerprint density at radius 3 is 2.40 bits per heavy atom. The highest BCUT2D eigenvalue weighted by molar-refractivity contribution is 5.79. The van der Waals surface area contributed by atoms with E-state index in [0.717, 1.165) is 43.4 Å². The van der Waals surface area contributed by atoms with Crippen molar-refractivity contribution < 1.29 is 9.90 Å². The molecule has 4 aliphatic carbocycles. The summed E-state index contributed by atoms with van der Waals surface area (Å²) in [4.78, 5) is 12.2. The first-order valence-electron chi connectivity index (χ1n) is 10.4. The summed E-state index contributed by atoms with van der Waals surface area (Å²) in [6, 6.07) is 0. The van der Waals surface area contributed by atoms with E-state index in [4.69, 9.17) is 6.42 Å². The number of hydrogen-bond donors (Lipinski definition) is 1. The molecule has 3 unspecified atom stereocenters. The van der Waals surface area contributed by atoms with E-state index in [2.05, 4.69) is 19.8 Å². The van der Waals surface area contributed by atoms with Gasteiger partial charge in [-0.25, -0.2) is 0 Å². The van der Waals surface area contributed by atoms with Gasteiger partial charge in [-0.1, -0.05) is 19.8 Å². The van der Waals surface area contributed by atoms with Crippen LogP contribution in [0.1, 0.15) is 78.6 Å². The molecule has 0 aromatic carbocycles. The standard InChI is InChI=1S/C23H34O2/c1-5-23(25)13-12-21(3)16(14-23)6-7-17-19-9-8-18(15(2)24)22(19,4)11-10-20(17)21/h1,16-20,25H,6-14H2,2-4H3/t16-,17?,18-,19?,20?,21+,22-,23+/m1/s1. The van der Waals surface area contributed by atoms with Gasteiger partial charge in [0.05, 0.1) is 0 Å². The normalized spacial score (nSPS) is 54.8. The maximum atomic E-state index is 12.2. The predicted molar refractivity (Wildman–Crippen MR) is 99.7 cm³/mol. The molecule has 2 heteroatoms. The lowest BCUT2D eigenvalue weighted by molar-refractivity contribution is -0.144. The zero-order valence-corrected chi connectivity index (χ0v) is 16.2. The van der Waals surface area contributed by atoms with E-state index in [0.29, 0.717) is 23.0 Å². The van der Waals surface area contributed by atoms with E-state index < -0.39 is 5.60 Å². The second-order valence-corrected chi connectivity index (χ2v) is 10.3. The highest BCUT2D eigenvalue weighted by Gasteiger charge is 2.61. The molecule has 0 amide bonds. The number of hydrogen-bond acceptors (Lipinski definition) is 2. The van der Waals surface area contributed by atoms with Crippen molar-refractivity contribution in [1.29, 1.82) is 0 Å². The Labute approximate surface area is 153 Å². The first-order valence-corrected chi connectivity index (χ1v) is 10.4. The minimum Gasteiger partial charge on any atom is -0.378 e. The van der Waals surface area contributed by atoms with Crippen molar-refractivity contribution in [3.63, 3.8) is 0 Å². The molecule has 138 valence electrons. The lowest BCUT2D eigenvalue weighted by Gasteiger charge is -2.61. The zero-order valence-electron chi connectivity index (χ0n) is 16.2. The van der Waals surface area contributed by atoms with Crippen molar-refractivity contribution in [3.05, 3.63) is 0 Å². The molecule has 0 aromatic rings. The van der Waals surface area contributed by atoms with Crippen molar-refractivity contribution in [1.82, 2.24) is 0 Å². The van der Waals surface area contributed by atoms with Crippen LogP contribution in [0.5, 0.6) is 0 Å². The van der Waals surface area contributed by atoms with Gasteiger partial charge >= 0.3 is 0 Å². The smallest absolute Gasteiger partial charge is 0.133 e. The minimum atomic E-state index is -0.868. The van der Waals surface area contributed by atoms with Gasteiger partial charge in [0.1, 0.15) is 11.4 Å². The number of Topliss-reactive ketones (excluding diaryl/α,β-unsaturated/α-hetero) is 1. The topological polar surface area (TPSA) is 37.3 Å². The average molecular weight is 343 g/mol. The first kappa shape index (κ1) is 17.6. The minimum absolute atomic E-state index is 0.240. The van der Waals surface area contributed by atoms with Crippen LogP contribution < -0.4 is 0 Å². The Bertz CT molecular complexity index is 618. The van der Waals surface area contributed by atoms with Gasteiger partial charge in [-0.2, -0.15) is 0 Å². The summed E-state index contributed by atoms with van der Waals surface area (Å²) in [5, 5.41) is 10.6. The van der Waals surface area contributed by atoms with E-state index in [9.17, 15) is 9.90 Å². The number of fused-ring (bicyclic) bond motifs is 5. The molecule has 25 heavy (non-hydrogen) atoms. The quantitative estimate of drug-likeness (QED) is 0.707. The Morgan fingerprint density at radius 1 is 1.00 bits per heavy atom. The van der Waals surface area contributed by atoms with Crippen LogP contribution in [0.15, 0.2) is 0 Å². The van der Waals surface area contributed by atoms with Gasteiger partial charge in [0.15, 0.2) is 0 Å². The molecule has 4 aliphatic rings. The lowest BCUT2D eigenvalue weighted by Crippen LogP contribution is -2.55. The van der Waals surface area contributed by atoms with Crippen LogP contribution in [0.2, 0.25) is 0 Å². The van der Waals surface area contributed by atoms with E-state index in [-0.39, 0.29) is 5.41 Å². The Kier molecular flexibility index (Phi) is 3.94. The molecule has 0 radical (unpaired) electrons. The van der Waals surface area contributed by atoms with E-state index >= 15 is 0 Å². The average Bonchev–Trinajstić information content (AvgIpc) is 2.93. The summed E-state index contributed by atoms with van der Waals surface area (Å²) < 4.78 is 0. The van der Waals surface area contributed by atoms with Crippen molar-refractivity contribution >= 4 is 5.78 Å². The van der Waals surface area contributed by atoms with Crippen LogP contribution in [0.3, 0.4) is 0 Å². The van der Waals surface area contributed by atoms with E-state index in [1.807, 2.05) is 6.92 Å². The third-order valence-electron chi connectivity index (χ3n) is 9.49. The van der Waals surface area contributed by atoms with Gasteiger partial charge in [0, 0.05) is 5.92 Å². The van der Waals surface area contributed by atoms with Gasteiger partial charge in [-0.15, -0.1) is 6.42 Å². The summed E-state index contributed by atoms with van der Waals surface area (Å²) in [5.74, 6) is 6.23. The van der Waals surface area contributed by atoms with Crippen molar-refractivity contribution in [2.24, 2.45) is 40.4 Å².